The van der Waals surface area contributed by atoms with Crippen LogP contribution in [0.15, 0.2) is 17.7 Å². The number of methoxy groups -OCH3 is 3. The van der Waals surface area contributed by atoms with Gasteiger partial charge in [-0.15, -0.1) is 0 Å². The van der Waals surface area contributed by atoms with Crippen molar-refractivity contribution in [2.75, 3.05) is 26.7 Å². The van der Waals surface area contributed by atoms with Crippen LogP contribution in [-0.4, -0.2) is 26.7 Å². The van der Waals surface area contributed by atoms with E-state index in [2.05, 4.69) is 35.9 Å². The molecule has 0 radical (unpaired) electrons. The lowest BCUT2D eigenvalue weighted by atomic mass is 10.0. The molecule has 0 saturated carbocycles. The van der Waals surface area contributed by atoms with Crippen molar-refractivity contribution in [3.63, 3.8) is 0 Å². The third-order valence-electron chi connectivity index (χ3n) is 2.94. The number of ether oxygens (including phenoxy) is 3. The minimum atomic E-state index is 0.485. The van der Waals surface area contributed by atoms with Crippen LogP contribution in [0.3, 0.4) is 0 Å². The van der Waals surface area contributed by atoms with Crippen LogP contribution in [0.25, 0.3) is 6.08 Å². The van der Waals surface area contributed by atoms with E-state index in [0.717, 1.165) is 10.9 Å². The third-order valence-corrected chi connectivity index (χ3v) is 3.58. The number of halogens is 1. The van der Waals surface area contributed by atoms with E-state index in [-0.39, 0.29) is 0 Å². The standard InChI is InChI=1S/C15H21BrO3/c1-10(2)12(9-16)6-11-7-13(17-3)15(19-5)14(8-11)18-4/h6-8,10H,9H2,1-5H3. The van der Waals surface area contributed by atoms with Crippen molar-refractivity contribution in [2.45, 2.75) is 13.8 Å². The highest BCUT2D eigenvalue weighted by Crippen LogP contribution is 2.39. The number of hydrogen-bond donors (Lipinski definition) is 0. The summed E-state index contributed by atoms with van der Waals surface area (Å²) in [5.41, 5.74) is 2.35. The van der Waals surface area contributed by atoms with Crippen LogP contribution in [0.5, 0.6) is 17.2 Å². The minimum absolute atomic E-state index is 0.485. The maximum atomic E-state index is 5.35. The third kappa shape index (κ3) is 3.90. The molecule has 0 amide bonds. The lowest BCUT2D eigenvalue weighted by Gasteiger charge is -2.14. The summed E-state index contributed by atoms with van der Waals surface area (Å²) in [6, 6.07) is 3.90. The van der Waals surface area contributed by atoms with E-state index in [1.807, 2.05) is 12.1 Å². The Hall–Kier alpha value is -1.16. The van der Waals surface area contributed by atoms with Crippen molar-refractivity contribution < 1.29 is 14.2 Å². The summed E-state index contributed by atoms with van der Waals surface area (Å²) in [6.45, 7) is 4.34. The van der Waals surface area contributed by atoms with Gasteiger partial charge in [-0.05, 0) is 23.6 Å². The first-order valence-electron chi connectivity index (χ1n) is 6.13. The Labute approximate surface area is 123 Å². The van der Waals surface area contributed by atoms with Gasteiger partial charge in [-0.25, -0.2) is 0 Å². The molecule has 3 nitrogen and oxygen atoms in total. The van der Waals surface area contributed by atoms with Crippen molar-refractivity contribution in [2.24, 2.45) is 5.92 Å². The monoisotopic (exact) mass is 328 g/mol. The van der Waals surface area contributed by atoms with E-state index >= 15 is 0 Å². The molecular formula is C15H21BrO3. The van der Waals surface area contributed by atoms with Gasteiger partial charge in [-0.2, -0.15) is 0 Å². The zero-order chi connectivity index (χ0) is 14.4. The molecular weight excluding hydrogens is 308 g/mol. The van der Waals surface area contributed by atoms with Gasteiger partial charge in [0.1, 0.15) is 0 Å². The van der Waals surface area contributed by atoms with Crippen LogP contribution in [0, 0.1) is 5.92 Å². The maximum Gasteiger partial charge on any atom is 0.203 e. The fraction of sp³-hybridized carbons (Fsp3) is 0.467. The molecule has 0 N–H and O–H groups in total. The predicted octanol–water partition coefficient (Wildman–Crippen LogP) is 4.15. The second-order valence-corrected chi connectivity index (χ2v) is 5.03. The van der Waals surface area contributed by atoms with Gasteiger partial charge in [-0.1, -0.05) is 41.4 Å². The number of rotatable bonds is 6. The molecule has 0 heterocycles. The second-order valence-electron chi connectivity index (χ2n) is 4.47. The smallest absolute Gasteiger partial charge is 0.203 e. The van der Waals surface area contributed by atoms with Crippen molar-refractivity contribution in [3.8, 4) is 17.2 Å². The van der Waals surface area contributed by atoms with Crippen molar-refractivity contribution >= 4 is 22.0 Å². The van der Waals surface area contributed by atoms with Gasteiger partial charge in [0.15, 0.2) is 11.5 Å². The molecule has 1 aromatic carbocycles. The SMILES string of the molecule is COc1cc(C=C(CBr)C(C)C)cc(OC)c1OC. The Morgan fingerprint density at radius 1 is 1.11 bits per heavy atom. The van der Waals surface area contributed by atoms with Gasteiger partial charge >= 0.3 is 0 Å². The molecule has 0 spiro atoms. The second kappa shape index (κ2) is 7.43. The molecule has 0 aliphatic rings. The highest BCUT2D eigenvalue weighted by Gasteiger charge is 2.13. The zero-order valence-electron chi connectivity index (χ0n) is 12.1. The molecule has 0 bridgehead atoms. The number of alkyl halides is 1. The zero-order valence-corrected chi connectivity index (χ0v) is 13.7. The van der Waals surface area contributed by atoms with Crippen LogP contribution in [-0.2, 0) is 0 Å². The largest absolute Gasteiger partial charge is 0.493 e. The van der Waals surface area contributed by atoms with E-state index in [1.165, 1.54) is 5.57 Å². The molecule has 1 aromatic rings. The Balaban J connectivity index is 3.30. The molecule has 0 aliphatic heterocycles. The Kier molecular flexibility index (Phi) is 6.22. The molecule has 0 unspecified atom stereocenters. The quantitative estimate of drug-likeness (QED) is 0.734. The van der Waals surface area contributed by atoms with Gasteiger partial charge in [0.25, 0.3) is 0 Å². The molecule has 0 aromatic heterocycles. The molecule has 0 saturated heterocycles. The molecule has 0 aliphatic carbocycles. The van der Waals surface area contributed by atoms with E-state index in [9.17, 15) is 0 Å². The number of hydrogen-bond acceptors (Lipinski definition) is 3. The molecule has 1 rings (SSSR count). The predicted molar refractivity (Wildman–Crippen MR) is 82.7 cm³/mol. The molecule has 4 heteroatoms. The van der Waals surface area contributed by atoms with Gasteiger partial charge in [0, 0.05) is 5.33 Å². The average molecular weight is 329 g/mol. The van der Waals surface area contributed by atoms with Gasteiger partial charge in [0.05, 0.1) is 21.3 Å². The average Bonchev–Trinajstić information content (AvgIpc) is 2.42. The summed E-state index contributed by atoms with van der Waals surface area (Å²) in [5, 5.41) is 0.849. The Morgan fingerprint density at radius 3 is 1.95 bits per heavy atom. The summed E-state index contributed by atoms with van der Waals surface area (Å²) >= 11 is 3.52. The first-order chi connectivity index (χ1) is 9.07. The van der Waals surface area contributed by atoms with Gasteiger partial charge in [0.2, 0.25) is 5.75 Å². The first-order valence-corrected chi connectivity index (χ1v) is 7.25. The highest BCUT2D eigenvalue weighted by atomic mass is 79.9. The van der Waals surface area contributed by atoms with Crippen LogP contribution in [0.2, 0.25) is 0 Å². The maximum absolute atomic E-state index is 5.35. The van der Waals surface area contributed by atoms with Crippen molar-refractivity contribution in [1.29, 1.82) is 0 Å². The first kappa shape index (κ1) is 15.9. The summed E-state index contributed by atoms with van der Waals surface area (Å²) < 4.78 is 16.0. The summed E-state index contributed by atoms with van der Waals surface area (Å²) in [7, 11) is 4.85. The Bertz CT molecular complexity index is 428. The van der Waals surface area contributed by atoms with Crippen LogP contribution in [0.1, 0.15) is 19.4 Å². The fourth-order valence-corrected chi connectivity index (χ4v) is 2.57. The van der Waals surface area contributed by atoms with Crippen LogP contribution in [0.4, 0.5) is 0 Å². The molecule has 0 atom stereocenters. The molecule has 19 heavy (non-hydrogen) atoms. The lowest BCUT2D eigenvalue weighted by Crippen LogP contribution is -1.97. The summed E-state index contributed by atoms with van der Waals surface area (Å²) in [4.78, 5) is 0. The summed E-state index contributed by atoms with van der Waals surface area (Å²) in [5.74, 6) is 2.45. The number of benzene rings is 1. The van der Waals surface area contributed by atoms with Crippen molar-refractivity contribution in [3.05, 3.63) is 23.3 Å². The highest BCUT2D eigenvalue weighted by molar-refractivity contribution is 9.09. The summed E-state index contributed by atoms with van der Waals surface area (Å²) in [6.07, 6.45) is 2.14. The van der Waals surface area contributed by atoms with E-state index in [0.29, 0.717) is 23.2 Å². The van der Waals surface area contributed by atoms with Crippen LogP contribution < -0.4 is 14.2 Å². The normalized spacial score (nSPS) is 11.6. The fourth-order valence-electron chi connectivity index (χ4n) is 1.76. The van der Waals surface area contributed by atoms with Crippen LogP contribution >= 0.6 is 15.9 Å². The van der Waals surface area contributed by atoms with E-state index in [4.69, 9.17) is 14.2 Å². The van der Waals surface area contributed by atoms with Gasteiger partial charge in [-0.3, -0.25) is 0 Å². The minimum Gasteiger partial charge on any atom is -0.493 e. The van der Waals surface area contributed by atoms with E-state index in [1.54, 1.807) is 21.3 Å². The molecule has 0 fully saturated rings. The van der Waals surface area contributed by atoms with E-state index < -0.39 is 0 Å². The lowest BCUT2D eigenvalue weighted by molar-refractivity contribution is 0.324. The number of allylic oxidation sites excluding steroid dienone is 1. The van der Waals surface area contributed by atoms with Crippen molar-refractivity contribution in [1.82, 2.24) is 0 Å². The van der Waals surface area contributed by atoms with Gasteiger partial charge < -0.3 is 14.2 Å². The molecule has 106 valence electrons. The topological polar surface area (TPSA) is 27.7 Å². The Morgan fingerprint density at radius 2 is 1.63 bits per heavy atom.